The fourth-order valence-corrected chi connectivity index (χ4v) is 2.67. The number of aryl methyl sites for hydroxylation is 1. The normalized spacial score (nSPS) is 11.1. The first-order chi connectivity index (χ1) is 11.4. The Balaban J connectivity index is 2.17. The van der Waals surface area contributed by atoms with E-state index in [1.54, 1.807) is 12.1 Å². The van der Waals surface area contributed by atoms with E-state index < -0.39 is 0 Å². The van der Waals surface area contributed by atoms with Crippen LogP contribution in [0.15, 0.2) is 24.3 Å². The van der Waals surface area contributed by atoms with Gasteiger partial charge in [0, 0.05) is 11.3 Å². The third-order valence-corrected chi connectivity index (χ3v) is 4.10. The molecule has 0 radical (unpaired) electrons. The zero-order valence-corrected chi connectivity index (χ0v) is 15.4. The van der Waals surface area contributed by atoms with E-state index in [2.05, 4.69) is 25.9 Å². The van der Waals surface area contributed by atoms with E-state index >= 15 is 0 Å². The Kier molecular flexibility index (Phi) is 6.18. The van der Waals surface area contributed by atoms with Crippen molar-refractivity contribution in [1.29, 1.82) is 0 Å². The Morgan fingerprint density at radius 1 is 1.21 bits per heavy atom. The number of ether oxygens (including phenoxy) is 1. The molecule has 4 heteroatoms. The van der Waals surface area contributed by atoms with Crippen LogP contribution in [0, 0.1) is 19.8 Å². The molecule has 0 atom stereocenters. The first-order valence-corrected chi connectivity index (χ1v) is 8.76. The van der Waals surface area contributed by atoms with Crippen molar-refractivity contribution in [2.75, 3.05) is 6.61 Å². The quantitative estimate of drug-likeness (QED) is 0.748. The van der Waals surface area contributed by atoms with Crippen LogP contribution in [0.4, 0.5) is 0 Å². The Bertz CT molecular complexity index is 684. The second-order valence-electron chi connectivity index (χ2n) is 6.70. The fraction of sp³-hybridized carbons (Fsp3) is 0.500. The summed E-state index contributed by atoms with van der Waals surface area (Å²) in [5, 5.41) is 4.46. The van der Waals surface area contributed by atoms with Crippen LogP contribution in [-0.4, -0.2) is 22.3 Å². The van der Waals surface area contributed by atoms with Gasteiger partial charge in [0.15, 0.2) is 0 Å². The highest BCUT2D eigenvalue weighted by Gasteiger charge is 2.17. The number of carbonyl (C=O) groups excluding carboxylic acids is 1. The van der Waals surface area contributed by atoms with E-state index in [9.17, 15) is 4.79 Å². The minimum Gasteiger partial charge on any atom is -0.493 e. The molecule has 2 rings (SSSR count). The maximum atomic E-state index is 12.7. The van der Waals surface area contributed by atoms with Crippen LogP contribution in [0.5, 0.6) is 5.75 Å². The lowest BCUT2D eigenvalue weighted by Gasteiger charge is -2.09. The second-order valence-corrected chi connectivity index (χ2v) is 6.70. The van der Waals surface area contributed by atoms with Crippen molar-refractivity contribution in [3.8, 4) is 5.75 Å². The Labute approximate surface area is 144 Å². The van der Waals surface area contributed by atoms with Gasteiger partial charge in [0.25, 0.3) is 5.91 Å². The van der Waals surface area contributed by atoms with Gasteiger partial charge in [0.05, 0.1) is 12.3 Å². The topological polar surface area (TPSA) is 44.1 Å². The van der Waals surface area contributed by atoms with Crippen molar-refractivity contribution in [3.05, 3.63) is 46.8 Å². The Morgan fingerprint density at radius 2 is 1.88 bits per heavy atom. The minimum absolute atomic E-state index is 0.0891. The molecule has 0 aliphatic heterocycles. The molecule has 0 spiro atoms. The zero-order chi connectivity index (χ0) is 17.7. The smallest absolute Gasteiger partial charge is 0.278 e. The molecule has 0 saturated carbocycles. The van der Waals surface area contributed by atoms with E-state index in [0.29, 0.717) is 18.1 Å². The van der Waals surface area contributed by atoms with Gasteiger partial charge in [-0.25, -0.2) is 4.68 Å². The minimum atomic E-state index is -0.0891. The molecule has 1 aromatic heterocycles. The highest BCUT2D eigenvalue weighted by molar-refractivity contribution is 5.96. The molecule has 130 valence electrons. The molecule has 0 fully saturated rings. The van der Waals surface area contributed by atoms with Gasteiger partial charge in [-0.05, 0) is 62.4 Å². The van der Waals surface area contributed by atoms with Crippen LogP contribution in [0.25, 0.3) is 0 Å². The summed E-state index contributed by atoms with van der Waals surface area (Å²) in [5.41, 5.74) is 3.72. The second kappa shape index (κ2) is 8.13. The van der Waals surface area contributed by atoms with Gasteiger partial charge < -0.3 is 4.74 Å². The van der Waals surface area contributed by atoms with Crippen molar-refractivity contribution in [2.45, 2.75) is 53.9 Å². The molecule has 0 unspecified atom stereocenters. The van der Waals surface area contributed by atoms with Crippen LogP contribution in [0.2, 0.25) is 0 Å². The van der Waals surface area contributed by atoms with E-state index in [-0.39, 0.29) is 5.91 Å². The maximum absolute atomic E-state index is 12.7. The van der Waals surface area contributed by atoms with Crippen molar-refractivity contribution in [1.82, 2.24) is 9.78 Å². The number of unbranched alkanes of at least 4 members (excludes halogenated alkanes) is 1. The number of benzene rings is 1. The molecule has 0 N–H and O–H groups in total. The standard InChI is InChI=1S/C20H28N2O2/c1-6-7-8-19-15(4)21-22(16(19)5)20(23)17-9-11-18(12-10-17)24-13-14(2)3/h9-12,14H,6-8,13H2,1-5H3. The summed E-state index contributed by atoms with van der Waals surface area (Å²) < 4.78 is 7.20. The van der Waals surface area contributed by atoms with Crippen LogP contribution >= 0.6 is 0 Å². The van der Waals surface area contributed by atoms with Gasteiger partial charge in [-0.3, -0.25) is 4.79 Å². The highest BCUT2D eigenvalue weighted by Crippen LogP contribution is 2.19. The summed E-state index contributed by atoms with van der Waals surface area (Å²) in [7, 11) is 0. The third kappa shape index (κ3) is 4.25. The molecule has 1 heterocycles. The van der Waals surface area contributed by atoms with Crippen molar-refractivity contribution < 1.29 is 9.53 Å². The van der Waals surface area contributed by atoms with Crippen molar-refractivity contribution in [2.24, 2.45) is 5.92 Å². The van der Waals surface area contributed by atoms with E-state index in [1.165, 1.54) is 10.2 Å². The monoisotopic (exact) mass is 328 g/mol. The lowest BCUT2D eigenvalue weighted by molar-refractivity contribution is 0.0942. The Morgan fingerprint density at radius 3 is 2.46 bits per heavy atom. The molecule has 4 nitrogen and oxygen atoms in total. The molecule has 24 heavy (non-hydrogen) atoms. The average Bonchev–Trinajstić information content (AvgIpc) is 2.85. The number of hydrogen-bond donors (Lipinski definition) is 0. The predicted octanol–water partition coefficient (Wildman–Crippen LogP) is 4.57. The molecule has 0 bridgehead atoms. The molecule has 0 saturated heterocycles. The molecule has 2 aromatic rings. The molecular weight excluding hydrogens is 300 g/mol. The number of aromatic nitrogens is 2. The van der Waals surface area contributed by atoms with Gasteiger partial charge in [-0.15, -0.1) is 0 Å². The van der Waals surface area contributed by atoms with E-state index in [0.717, 1.165) is 36.4 Å². The third-order valence-electron chi connectivity index (χ3n) is 4.10. The summed E-state index contributed by atoms with van der Waals surface area (Å²) in [6.45, 7) is 11.0. The first-order valence-electron chi connectivity index (χ1n) is 8.76. The van der Waals surface area contributed by atoms with E-state index in [4.69, 9.17) is 4.74 Å². The largest absolute Gasteiger partial charge is 0.493 e. The van der Waals surface area contributed by atoms with Crippen molar-refractivity contribution in [3.63, 3.8) is 0 Å². The van der Waals surface area contributed by atoms with Gasteiger partial charge in [0.2, 0.25) is 0 Å². The van der Waals surface area contributed by atoms with Crippen LogP contribution < -0.4 is 4.74 Å². The number of nitrogens with zero attached hydrogens (tertiary/aromatic N) is 2. The molecule has 1 aromatic carbocycles. The zero-order valence-electron chi connectivity index (χ0n) is 15.4. The maximum Gasteiger partial charge on any atom is 0.278 e. The van der Waals surface area contributed by atoms with Gasteiger partial charge in [0.1, 0.15) is 5.75 Å². The van der Waals surface area contributed by atoms with E-state index in [1.807, 2.05) is 26.0 Å². The highest BCUT2D eigenvalue weighted by atomic mass is 16.5. The number of carbonyl (C=O) groups is 1. The van der Waals surface area contributed by atoms with Crippen LogP contribution in [-0.2, 0) is 6.42 Å². The van der Waals surface area contributed by atoms with Crippen LogP contribution in [0.1, 0.15) is 60.9 Å². The first kappa shape index (κ1) is 18.2. The van der Waals surface area contributed by atoms with Crippen LogP contribution in [0.3, 0.4) is 0 Å². The number of hydrogen-bond acceptors (Lipinski definition) is 3. The summed E-state index contributed by atoms with van der Waals surface area (Å²) >= 11 is 0. The lowest BCUT2D eigenvalue weighted by atomic mass is 10.1. The van der Waals surface area contributed by atoms with Gasteiger partial charge in [-0.2, -0.15) is 5.10 Å². The van der Waals surface area contributed by atoms with Crippen molar-refractivity contribution >= 4 is 5.91 Å². The molecule has 0 aliphatic carbocycles. The summed E-state index contributed by atoms with van der Waals surface area (Å²) in [6.07, 6.45) is 3.22. The average molecular weight is 328 g/mol. The number of rotatable bonds is 7. The summed E-state index contributed by atoms with van der Waals surface area (Å²) in [4.78, 5) is 12.7. The Hall–Kier alpha value is -2.10. The molecule has 0 amide bonds. The summed E-state index contributed by atoms with van der Waals surface area (Å²) in [5.74, 6) is 1.17. The molecular formula is C20H28N2O2. The molecule has 0 aliphatic rings. The van der Waals surface area contributed by atoms with Gasteiger partial charge in [-0.1, -0.05) is 27.2 Å². The lowest BCUT2D eigenvalue weighted by Crippen LogP contribution is -2.15. The van der Waals surface area contributed by atoms with Gasteiger partial charge >= 0.3 is 0 Å². The fourth-order valence-electron chi connectivity index (χ4n) is 2.67. The summed E-state index contributed by atoms with van der Waals surface area (Å²) in [6, 6.07) is 7.30. The predicted molar refractivity (Wildman–Crippen MR) is 96.8 cm³/mol. The SMILES string of the molecule is CCCCc1c(C)nn(C(=O)c2ccc(OCC(C)C)cc2)c1C.